The summed E-state index contributed by atoms with van der Waals surface area (Å²) in [6.07, 6.45) is 11.7. The van der Waals surface area contributed by atoms with Crippen LogP contribution in [-0.4, -0.2) is 18.0 Å². The Morgan fingerprint density at radius 2 is 1.88 bits per heavy atom. The Balaban J connectivity index is 1.62. The average Bonchev–Trinajstić information content (AvgIpc) is 2.90. The highest BCUT2D eigenvalue weighted by molar-refractivity contribution is 5.67. The van der Waals surface area contributed by atoms with Crippen molar-refractivity contribution in [3.05, 3.63) is 34.6 Å². The maximum absolute atomic E-state index is 11.5. The molecule has 1 fully saturated rings. The zero-order valence-corrected chi connectivity index (χ0v) is 16.0. The van der Waals surface area contributed by atoms with Crippen LogP contribution in [-0.2, 0) is 19.1 Å². The molecular weight excluding hydrogens is 328 g/mol. The molecule has 0 aromatic heterocycles. The molecule has 4 atom stereocenters. The predicted molar refractivity (Wildman–Crippen MR) is 97.9 cm³/mol. The Morgan fingerprint density at radius 1 is 1.08 bits per heavy atom. The fourth-order valence-electron chi connectivity index (χ4n) is 5.86. The lowest BCUT2D eigenvalue weighted by Gasteiger charge is -2.47. The van der Waals surface area contributed by atoms with Crippen LogP contribution in [0, 0.1) is 17.3 Å². The molecule has 0 saturated heterocycles. The lowest BCUT2D eigenvalue weighted by molar-refractivity contribution is -0.152. The van der Waals surface area contributed by atoms with Crippen LogP contribution in [0.3, 0.4) is 0 Å². The molecule has 0 aromatic rings. The third kappa shape index (κ3) is 2.83. The normalized spacial score (nSPS) is 35.6. The first kappa shape index (κ1) is 17.6. The molecule has 140 valence electrons. The maximum atomic E-state index is 11.5. The van der Waals surface area contributed by atoms with Gasteiger partial charge in [-0.15, -0.1) is 0 Å². The molecule has 0 unspecified atom stereocenters. The molecule has 0 aromatic carbocycles. The summed E-state index contributed by atoms with van der Waals surface area (Å²) in [5, 5.41) is 0. The van der Waals surface area contributed by atoms with Gasteiger partial charge in [0.05, 0.1) is 0 Å². The Bertz CT molecular complexity index is 741. The molecule has 4 nitrogen and oxygen atoms in total. The van der Waals surface area contributed by atoms with Gasteiger partial charge >= 0.3 is 11.9 Å². The van der Waals surface area contributed by atoms with Crippen molar-refractivity contribution in [2.24, 2.45) is 17.3 Å². The van der Waals surface area contributed by atoms with Crippen LogP contribution >= 0.6 is 0 Å². The number of carbonyl (C=O) groups is 2. The number of ether oxygens (including phenoxy) is 2. The summed E-state index contributed by atoms with van der Waals surface area (Å²) in [4.78, 5) is 22.7. The first-order chi connectivity index (χ1) is 12.4. The van der Waals surface area contributed by atoms with E-state index in [1.807, 2.05) is 0 Å². The highest BCUT2D eigenvalue weighted by Crippen LogP contribution is 2.59. The van der Waals surface area contributed by atoms with E-state index >= 15 is 0 Å². The molecule has 0 spiro atoms. The first-order valence-corrected chi connectivity index (χ1v) is 9.87. The van der Waals surface area contributed by atoms with E-state index in [-0.39, 0.29) is 23.5 Å². The van der Waals surface area contributed by atoms with Gasteiger partial charge in [0.2, 0.25) is 0 Å². The largest absolute Gasteiger partial charge is 0.462 e. The molecule has 4 heteroatoms. The average molecular weight is 356 g/mol. The van der Waals surface area contributed by atoms with Gasteiger partial charge in [-0.25, -0.2) is 0 Å². The van der Waals surface area contributed by atoms with Gasteiger partial charge in [0.1, 0.15) is 11.9 Å². The highest BCUT2D eigenvalue weighted by atomic mass is 16.5. The van der Waals surface area contributed by atoms with Gasteiger partial charge in [-0.1, -0.05) is 13.0 Å². The van der Waals surface area contributed by atoms with E-state index in [4.69, 9.17) is 9.47 Å². The topological polar surface area (TPSA) is 52.6 Å². The Hall–Kier alpha value is -1.84. The van der Waals surface area contributed by atoms with E-state index in [0.717, 1.165) is 50.7 Å². The number of fused-ring (bicyclic) bond motifs is 4. The predicted octanol–water partition coefficient (Wildman–Crippen LogP) is 4.61. The number of esters is 2. The molecular formula is C22H28O4. The van der Waals surface area contributed by atoms with Crippen LogP contribution in [0.5, 0.6) is 0 Å². The first-order valence-electron chi connectivity index (χ1n) is 9.87. The van der Waals surface area contributed by atoms with Crippen molar-refractivity contribution in [2.75, 3.05) is 0 Å². The van der Waals surface area contributed by atoms with Crippen LogP contribution < -0.4 is 0 Å². The number of rotatable bonds is 2. The minimum atomic E-state index is -0.232. The van der Waals surface area contributed by atoms with E-state index in [0.29, 0.717) is 11.8 Å². The maximum Gasteiger partial charge on any atom is 0.307 e. The van der Waals surface area contributed by atoms with E-state index in [9.17, 15) is 9.59 Å². The minimum absolute atomic E-state index is 0.0556. The van der Waals surface area contributed by atoms with Gasteiger partial charge in [-0.05, 0) is 73.2 Å². The number of carbonyl (C=O) groups excluding carboxylic acids is 2. The van der Waals surface area contributed by atoms with Crippen LogP contribution in [0.1, 0.15) is 65.7 Å². The van der Waals surface area contributed by atoms with Crippen molar-refractivity contribution in [1.82, 2.24) is 0 Å². The number of hydrogen-bond donors (Lipinski definition) is 0. The molecule has 4 aliphatic rings. The summed E-state index contributed by atoms with van der Waals surface area (Å²) in [5.74, 6) is 1.60. The van der Waals surface area contributed by atoms with Gasteiger partial charge in [0.25, 0.3) is 0 Å². The van der Waals surface area contributed by atoms with Gasteiger partial charge < -0.3 is 9.47 Å². The number of hydrogen-bond acceptors (Lipinski definition) is 4. The zero-order chi connectivity index (χ0) is 18.5. The van der Waals surface area contributed by atoms with Gasteiger partial charge in [0, 0.05) is 25.7 Å². The van der Waals surface area contributed by atoms with Gasteiger partial charge in [-0.2, -0.15) is 0 Å². The van der Waals surface area contributed by atoms with Crippen LogP contribution in [0.25, 0.3) is 0 Å². The molecule has 1 saturated carbocycles. The van der Waals surface area contributed by atoms with Gasteiger partial charge in [-0.3, -0.25) is 9.59 Å². The van der Waals surface area contributed by atoms with Crippen molar-refractivity contribution >= 4 is 11.9 Å². The van der Waals surface area contributed by atoms with E-state index in [1.54, 1.807) is 0 Å². The second-order valence-electron chi connectivity index (χ2n) is 8.50. The van der Waals surface area contributed by atoms with Gasteiger partial charge in [0.15, 0.2) is 0 Å². The van der Waals surface area contributed by atoms with Crippen molar-refractivity contribution in [3.8, 4) is 0 Å². The summed E-state index contributed by atoms with van der Waals surface area (Å²) >= 11 is 0. The third-order valence-corrected chi connectivity index (χ3v) is 6.97. The Kier molecular flexibility index (Phi) is 4.32. The molecule has 0 heterocycles. The fourth-order valence-corrected chi connectivity index (χ4v) is 5.86. The quantitative estimate of drug-likeness (QED) is 0.678. The molecule has 0 bridgehead atoms. The summed E-state index contributed by atoms with van der Waals surface area (Å²) in [6, 6.07) is 0. The number of allylic oxidation sites excluding steroid dienone is 6. The molecule has 4 aliphatic carbocycles. The van der Waals surface area contributed by atoms with Crippen molar-refractivity contribution in [1.29, 1.82) is 0 Å². The Morgan fingerprint density at radius 3 is 2.62 bits per heavy atom. The van der Waals surface area contributed by atoms with Crippen LogP contribution in [0.2, 0.25) is 0 Å². The lowest BCUT2D eigenvalue weighted by atomic mass is 9.59. The van der Waals surface area contributed by atoms with Crippen molar-refractivity contribution in [2.45, 2.75) is 71.8 Å². The van der Waals surface area contributed by atoms with E-state index in [2.05, 4.69) is 19.1 Å². The SMILES string of the molecule is CC(=O)OC1=CC2=C(CC1)C1=CC[C@]3(C)[C@@H](OC(C)=O)CC[C@H]3[C@@H]1CC2. The summed E-state index contributed by atoms with van der Waals surface area (Å²) in [6.45, 7) is 5.30. The van der Waals surface area contributed by atoms with Crippen molar-refractivity contribution in [3.63, 3.8) is 0 Å². The molecule has 0 amide bonds. The highest BCUT2D eigenvalue weighted by Gasteiger charge is 2.54. The summed E-state index contributed by atoms with van der Waals surface area (Å²) in [5.41, 5.74) is 4.43. The van der Waals surface area contributed by atoms with Crippen LogP contribution in [0.15, 0.2) is 34.6 Å². The molecule has 0 radical (unpaired) electrons. The summed E-state index contributed by atoms with van der Waals surface area (Å²) in [7, 11) is 0. The monoisotopic (exact) mass is 356 g/mol. The second-order valence-corrected chi connectivity index (χ2v) is 8.50. The lowest BCUT2D eigenvalue weighted by Crippen LogP contribution is -2.42. The second kappa shape index (κ2) is 6.40. The van der Waals surface area contributed by atoms with Crippen molar-refractivity contribution < 1.29 is 19.1 Å². The van der Waals surface area contributed by atoms with Crippen LogP contribution in [0.4, 0.5) is 0 Å². The minimum Gasteiger partial charge on any atom is -0.462 e. The zero-order valence-electron chi connectivity index (χ0n) is 16.0. The van der Waals surface area contributed by atoms with E-state index in [1.165, 1.54) is 30.6 Å². The Labute approximate surface area is 155 Å². The smallest absolute Gasteiger partial charge is 0.307 e. The molecule has 26 heavy (non-hydrogen) atoms. The van der Waals surface area contributed by atoms with E-state index < -0.39 is 0 Å². The third-order valence-electron chi connectivity index (χ3n) is 6.97. The standard InChI is InChI=1S/C22H28O4/c1-13(23)25-16-5-7-17-15(12-16)4-6-19-18(17)10-11-22(3)20(19)8-9-21(22)26-14(2)24/h10,12,19-21H,4-9,11H2,1-3H3/t19-,20+,21+,22+/m1/s1. The summed E-state index contributed by atoms with van der Waals surface area (Å²) < 4.78 is 11.0. The fraction of sp³-hybridized carbons (Fsp3) is 0.636. The molecule has 0 aliphatic heterocycles. The molecule has 4 rings (SSSR count). The molecule has 0 N–H and O–H groups in total.